The Bertz CT molecular complexity index is 767. The fourth-order valence-corrected chi connectivity index (χ4v) is 6.82. The normalized spacial score (nSPS) is 34.1. The number of carbonyl (C=O) groups excluding carboxylic acids is 2. The topological polar surface area (TPSA) is 55.8 Å². The second-order valence-electron chi connectivity index (χ2n) is 10.7. The predicted octanol–water partition coefficient (Wildman–Crippen LogP) is 3.22. The Kier molecular flexibility index (Phi) is 6.44. The van der Waals surface area contributed by atoms with Gasteiger partial charge in [0.2, 0.25) is 0 Å². The third-order valence-corrected chi connectivity index (χ3v) is 8.87. The summed E-state index contributed by atoms with van der Waals surface area (Å²) in [6, 6.07) is 0. The van der Waals surface area contributed by atoms with E-state index in [0.29, 0.717) is 38.8 Å². The average Bonchev–Trinajstić information content (AvgIpc) is 3.25. The summed E-state index contributed by atoms with van der Waals surface area (Å²) < 4.78 is 12.6. The lowest BCUT2D eigenvalue weighted by Gasteiger charge is -2.52. The summed E-state index contributed by atoms with van der Waals surface area (Å²) in [6.07, 6.45) is 15.9. The van der Waals surface area contributed by atoms with Crippen LogP contribution in [0.3, 0.4) is 0 Å². The average molecular weight is 444 g/mol. The smallest absolute Gasteiger partial charge is 0.316 e. The molecule has 176 valence electrons. The monoisotopic (exact) mass is 443 g/mol. The van der Waals surface area contributed by atoms with Gasteiger partial charge in [-0.2, -0.15) is 0 Å². The third kappa shape index (κ3) is 4.28. The first-order valence-electron chi connectivity index (χ1n) is 12.9. The number of amides is 1. The number of morpholine rings is 1. The van der Waals surface area contributed by atoms with Gasteiger partial charge >= 0.3 is 5.97 Å². The van der Waals surface area contributed by atoms with Crippen LogP contribution in [0.2, 0.25) is 0 Å². The van der Waals surface area contributed by atoms with Gasteiger partial charge in [-0.05, 0) is 24.8 Å². The highest BCUT2D eigenvalue weighted by Crippen LogP contribution is 2.46. The highest BCUT2D eigenvalue weighted by Gasteiger charge is 2.51. The molecule has 2 bridgehead atoms. The van der Waals surface area contributed by atoms with Crippen molar-refractivity contribution in [3.63, 3.8) is 0 Å². The number of carbonyl (C=O) groups is 2. The lowest BCUT2D eigenvalue weighted by Crippen LogP contribution is -2.67. The molecule has 5 fully saturated rings. The Morgan fingerprint density at radius 2 is 1.81 bits per heavy atom. The standard InChI is InChI=1S/C26H39N2O4/c29-24(27-13-17-31-18-14-27)20-28-15-9-21(10-16-28)23(19-28)32-25(30)26(22-7-3-4-8-22)11-5-1-2-6-12-26/h3-4,7,21,23H,1-2,5-6,8-20H2/q+1/t21?,23-,28?/m0/s1. The van der Waals surface area contributed by atoms with Crippen molar-refractivity contribution in [2.45, 2.75) is 63.9 Å². The van der Waals surface area contributed by atoms with Crippen LogP contribution in [-0.2, 0) is 19.1 Å². The summed E-state index contributed by atoms with van der Waals surface area (Å²) in [6.45, 7) is 6.10. The molecule has 2 aliphatic carbocycles. The summed E-state index contributed by atoms with van der Waals surface area (Å²) in [4.78, 5) is 28.8. The molecule has 4 aliphatic heterocycles. The van der Waals surface area contributed by atoms with Gasteiger partial charge < -0.3 is 18.9 Å². The van der Waals surface area contributed by atoms with Crippen molar-refractivity contribution in [3.8, 4) is 0 Å². The van der Waals surface area contributed by atoms with E-state index in [9.17, 15) is 9.59 Å². The number of ether oxygens (including phenoxy) is 2. The molecule has 1 saturated carbocycles. The van der Waals surface area contributed by atoms with Gasteiger partial charge in [-0.1, -0.05) is 43.9 Å². The van der Waals surface area contributed by atoms with Gasteiger partial charge in [-0.25, -0.2) is 0 Å². The molecule has 0 N–H and O–H groups in total. The molecule has 0 spiro atoms. The van der Waals surface area contributed by atoms with E-state index >= 15 is 0 Å². The van der Waals surface area contributed by atoms with Crippen LogP contribution in [0.4, 0.5) is 0 Å². The summed E-state index contributed by atoms with van der Waals surface area (Å²) >= 11 is 0. The number of fused-ring (bicyclic) bond motifs is 3. The van der Waals surface area contributed by atoms with E-state index in [0.717, 1.165) is 69.1 Å². The first kappa shape index (κ1) is 22.1. The van der Waals surface area contributed by atoms with Crippen LogP contribution in [0, 0.1) is 11.3 Å². The Morgan fingerprint density at radius 3 is 2.47 bits per heavy atom. The molecule has 0 radical (unpaired) electrons. The number of allylic oxidation sites excluding steroid dienone is 3. The number of rotatable bonds is 5. The maximum atomic E-state index is 13.8. The number of nitrogens with zero attached hydrogens (tertiary/aromatic N) is 2. The molecule has 6 heteroatoms. The van der Waals surface area contributed by atoms with Gasteiger partial charge in [0.15, 0.2) is 12.6 Å². The van der Waals surface area contributed by atoms with Crippen molar-refractivity contribution in [2.24, 2.45) is 11.3 Å². The molecule has 6 aliphatic rings. The van der Waals surface area contributed by atoms with Crippen LogP contribution >= 0.6 is 0 Å². The quantitative estimate of drug-likeness (QED) is 0.372. The van der Waals surface area contributed by atoms with E-state index in [2.05, 4.69) is 18.2 Å². The molecule has 1 amide bonds. The molecule has 4 heterocycles. The number of piperidine rings is 3. The molecular formula is C26H39N2O4+. The first-order valence-corrected chi connectivity index (χ1v) is 12.9. The Morgan fingerprint density at radius 1 is 1.09 bits per heavy atom. The minimum Gasteiger partial charge on any atom is -0.455 e. The molecule has 6 nitrogen and oxygen atoms in total. The van der Waals surface area contributed by atoms with Gasteiger partial charge in [0, 0.05) is 31.8 Å². The molecule has 32 heavy (non-hydrogen) atoms. The van der Waals surface area contributed by atoms with Crippen LogP contribution in [0.25, 0.3) is 0 Å². The third-order valence-electron chi connectivity index (χ3n) is 8.87. The largest absolute Gasteiger partial charge is 0.455 e. The molecule has 0 aromatic rings. The van der Waals surface area contributed by atoms with Crippen molar-refractivity contribution < 1.29 is 23.5 Å². The fourth-order valence-electron chi connectivity index (χ4n) is 6.82. The van der Waals surface area contributed by atoms with Gasteiger partial charge in [0.1, 0.15) is 6.54 Å². The number of hydrogen-bond acceptors (Lipinski definition) is 4. The van der Waals surface area contributed by atoms with Gasteiger partial charge in [0.25, 0.3) is 5.91 Å². The Balaban J connectivity index is 1.28. The van der Waals surface area contributed by atoms with Crippen molar-refractivity contribution in [1.29, 1.82) is 0 Å². The second kappa shape index (κ2) is 9.30. The highest BCUT2D eigenvalue weighted by molar-refractivity contribution is 5.81. The molecule has 1 atom stereocenters. The van der Waals surface area contributed by atoms with Gasteiger partial charge in [0.05, 0.1) is 31.7 Å². The Hall–Kier alpha value is -1.66. The van der Waals surface area contributed by atoms with Crippen molar-refractivity contribution in [2.75, 3.05) is 52.5 Å². The number of esters is 1. The molecule has 6 rings (SSSR count). The zero-order chi connectivity index (χ0) is 22.0. The Labute approximate surface area is 192 Å². The van der Waals surface area contributed by atoms with Crippen LogP contribution in [0.5, 0.6) is 0 Å². The van der Waals surface area contributed by atoms with Gasteiger partial charge in [-0.3, -0.25) is 9.59 Å². The van der Waals surface area contributed by atoms with E-state index in [4.69, 9.17) is 9.47 Å². The van der Waals surface area contributed by atoms with E-state index in [1.54, 1.807) is 0 Å². The van der Waals surface area contributed by atoms with E-state index in [1.807, 2.05) is 4.90 Å². The summed E-state index contributed by atoms with van der Waals surface area (Å²) in [5.41, 5.74) is 0.831. The molecule has 0 aromatic carbocycles. The SMILES string of the molecule is O=C(C[N+]12CCC(CC1)[C@@H](OC(=O)C1(C3=CC=CC3)CCCCCC1)C2)N1CCOCC1. The maximum absolute atomic E-state index is 13.8. The molecular weight excluding hydrogens is 404 g/mol. The van der Waals surface area contributed by atoms with E-state index in [-0.39, 0.29) is 18.0 Å². The van der Waals surface area contributed by atoms with Crippen molar-refractivity contribution >= 4 is 11.9 Å². The lowest BCUT2D eigenvalue weighted by atomic mass is 9.73. The van der Waals surface area contributed by atoms with E-state index in [1.165, 1.54) is 18.4 Å². The summed E-state index contributed by atoms with van der Waals surface area (Å²) in [5.74, 6) is 0.711. The minimum atomic E-state index is -0.430. The zero-order valence-corrected chi connectivity index (χ0v) is 19.4. The summed E-state index contributed by atoms with van der Waals surface area (Å²) in [7, 11) is 0. The second-order valence-corrected chi connectivity index (χ2v) is 10.7. The maximum Gasteiger partial charge on any atom is 0.316 e. The lowest BCUT2D eigenvalue weighted by molar-refractivity contribution is -0.939. The van der Waals surface area contributed by atoms with Crippen LogP contribution < -0.4 is 0 Å². The van der Waals surface area contributed by atoms with Gasteiger partial charge in [-0.15, -0.1) is 0 Å². The molecule has 0 unspecified atom stereocenters. The fraction of sp³-hybridized carbons (Fsp3) is 0.769. The molecule has 0 aromatic heterocycles. The summed E-state index contributed by atoms with van der Waals surface area (Å²) in [5, 5.41) is 0. The van der Waals surface area contributed by atoms with Crippen LogP contribution in [-0.4, -0.2) is 79.8 Å². The number of hydrogen-bond donors (Lipinski definition) is 0. The van der Waals surface area contributed by atoms with Crippen LogP contribution in [0.15, 0.2) is 23.8 Å². The number of quaternary nitrogens is 1. The zero-order valence-electron chi connectivity index (χ0n) is 19.4. The minimum absolute atomic E-state index is 0.0192. The molecule has 4 saturated heterocycles. The van der Waals surface area contributed by atoms with Crippen molar-refractivity contribution in [1.82, 2.24) is 4.90 Å². The van der Waals surface area contributed by atoms with Crippen LogP contribution in [0.1, 0.15) is 57.8 Å². The highest BCUT2D eigenvalue weighted by atomic mass is 16.5. The predicted molar refractivity (Wildman–Crippen MR) is 122 cm³/mol. The first-order chi connectivity index (χ1) is 15.6. The van der Waals surface area contributed by atoms with E-state index < -0.39 is 5.41 Å². The van der Waals surface area contributed by atoms with Crippen molar-refractivity contribution in [3.05, 3.63) is 23.8 Å².